The van der Waals surface area contributed by atoms with Crippen LogP contribution in [0.4, 0.5) is 0 Å². The van der Waals surface area contributed by atoms with Crippen molar-refractivity contribution in [2.24, 2.45) is 0 Å². The predicted octanol–water partition coefficient (Wildman–Crippen LogP) is 1.84. The summed E-state index contributed by atoms with van der Waals surface area (Å²) in [5.74, 6) is -1.67. The van der Waals surface area contributed by atoms with Gasteiger partial charge in [-0.25, -0.2) is 9.59 Å². The van der Waals surface area contributed by atoms with E-state index in [0.29, 0.717) is 32.8 Å². The Hall–Kier alpha value is -2.64. The quantitative estimate of drug-likeness (QED) is 0.311. The highest BCUT2D eigenvalue weighted by Gasteiger charge is 2.28. The SMILES string of the molecule is CCCCOC(=O)/C=C\C(=O)N1CCN(C(=O)/C=C/C(=O)OCCCC)[C@H](C)C1. The van der Waals surface area contributed by atoms with E-state index in [1.54, 1.807) is 9.80 Å². The zero-order valence-corrected chi connectivity index (χ0v) is 17.6. The molecule has 8 heteroatoms. The van der Waals surface area contributed by atoms with E-state index in [9.17, 15) is 19.2 Å². The molecule has 0 aromatic heterocycles. The molecule has 0 aromatic rings. The van der Waals surface area contributed by atoms with Crippen LogP contribution in [-0.2, 0) is 28.7 Å². The Morgan fingerprint density at radius 2 is 1.34 bits per heavy atom. The Kier molecular flexibility index (Phi) is 11.4. The number of unbranched alkanes of at least 4 members (excludes halogenated alkanes) is 2. The minimum Gasteiger partial charge on any atom is -0.463 e. The first kappa shape index (κ1) is 24.4. The van der Waals surface area contributed by atoms with Gasteiger partial charge in [0.2, 0.25) is 11.8 Å². The summed E-state index contributed by atoms with van der Waals surface area (Å²) in [7, 11) is 0. The molecule has 0 aliphatic carbocycles. The zero-order chi connectivity index (χ0) is 21.6. The second-order valence-corrected chi connectivity index (χ2v) is 6.87. The fraction of sp³-hybridized carbons (Fsp3) is 0.619. The van der Waals surface area contributed by atoms with Gasteiger partial charge >= 0.3 is 11.9 Å². The molecule has 1 rings (SSSR count). The average molecular weight is 408 g/mol. The van der Waals surface area contributed by atoms with Gasteiger partial charge < -0.3 is 19.3 Å². The molecule has 1 aliphatic heterocycles. The third-order valence-electron chi connectivity index (χ3n) is 4.43. The Labute approximate surface area is 172 Å². The lowest BCUT2D eigenvalue weighted by Crippen LogP contribution is -2.54. The molecule has 1 heterocycles. The number of esters is 2. The number of carbonyl (C=O) groups excluding carboxylic acids is 4. The van der Waals surface area contributed by atoms with Crippen LogP contribution in [0.5, 0.6) is 0 Å². The summed E-state index contributed by atoms with van der Waals surface area (Å²) in [5.41, 5.74) is 0. The van der Waals surface area contributed by atoms with E-state index in [0.717, 1.165) is 37.8 Å². The molecule has 0 radical (unpaired) electrons. The maximum Gasteiger partial charge on any atom is 0.330 e. The molecule has 162 valence electrons. The molecule has 0 spiro atoms. The maximum atomic E-state index is 12.3. The van der Waals surface area contributed by atoms with Crippen molar-refractivity contribution in [3.05, 3.63) is 24.3 Å². The normalized spacial score (nSPS) is 17.0. The van der Waals surface area contributed by atoms with Crippen LogP contribution in [0, 0.1) is 0 Å². The molecule has 0 aromatic carbocycles. The first-order valence-corrected chi connectivity index (χ1v) is 10.2. The van der Waals surface area contributed by atoms with Gasteiger partial charge in [0.25, 0.3) is 0 Å². The van der Waals surface area contributed by atoms with E-state index in [1.165, 1.54) is 12.2 Å². The third-order valence-corrected chi connectivity index (χ3v) is 4.43. The Morgan fingerprint density at radius 1 is 0.828 bits per heavy atom. The van der Waals surface area contributed by atoms with Gasteiger partial charge in [0.1, 0.15) is 0 Å². The molecule has 29 heavy (non-hydrogen) atoms. The number of nitrogens with zero attached hydrogens (tertiary/aromatic N) is 2. The molecular formula is C21H32N2O6. The highest BCUT2D eigenvalue weighted by molar-refractivity contribution is 5.96. The molecule has 0 N–H and O–H groups in total. The smallest absolute Gasteiger partial charge is 0.330 e. The minimum atomic E-state index is -0.538. The molecule has 1 aliphatic rings. The zero-order valence-electron chi connectivity index (χ0n) is 17.6. The lowest BCUT2D eigenvalue weighted by Gasteiger charge is -2.39. The van der Waals surface area contributed by atoms with Gasteiger partial charge in [-0.05, 0) is 19.8 Å². The molecule has 2 amide bonds. The Balaban J connectivity index is 2.46. The second-order valence-electron chi connectivity index (χ2n) is 6.87. The number of hydrogen-bond donors (Lipinski definition) is 0. The minimum absolute atomic E-state index is 0.217. The average Bonchev–Trinajstić information content (AvgIpc) is 2.70. The van der Waals surface area contributed by atoms with Crippen LogP contribution in [0.3, 0.4) is 0 Å². The molecule has 8 nitrogen and oxygen atoms in total. The van der Waals surface area contributed by atoms with Gasteiger partial charge in [-0.15, -0.1) is 0 Å². The molecule has 0 bridgehead atoms. The van der Waals surface area contributed by atoms with Crippen LogP contribution in [0.25, 0.3) is 0 Å². The predicted molar refractivity (Wildman–Crippen MR) is 108 cm³/mol. The van der Waals surface area contributed by atoms with Gasteiger partial charge in [-0.1, -0.05) is 26.7 Å². The van der Waals surface area contributed by atoms with E-state index in [4.69, 9.17) is 9.47 Å². The number of ether oxygens (including phenoxy) is 2. The van der Waals surface area contributed by atoms with Crippen molar-refractivity contribution in [1.29, 1.82) is 0 Å². The summed E-state index contributed by atoms with van der Waals surface area (Å²) in [4.78, 5) is 50.8. The first-order valence-electron chi connectivity index (χ1n) is 10.2. The van der Waals surface area contributed by atoms with E-state index >= 15 is 0 Å². The van der Waals surface area contributed by atoms with Crippen LogP contribution in [0.2, 0.25) is 0 Å². The van der Waals surface area contributed by atoms with Gasteiger partial charge in [0.05, 0.1) is 13.2 Å². The third kappa shape index (κ3) is 9.40. The van der Waals surface area contributed by atoms with E-state index < -0.39 is 11.9 Å². The summed E-state index contributed by atoms with van der Waals surface area (Å²) < 4.78 is 9.95. The summed E-state index contributed by atoms with van der Waals surface area (Å²) in [6.45, 7) is 7.52. The van der Waals surface area contributed by atoms with Crippen LogP contribution in [0.1, 0.15) is 46.5 Å². The van der Waals surface area contributed by atoms with Crippen LogP contribution in [-0.4, -0.2) is 72.4 Å². The monoisotopic (exact) mass is 408 g/mol. The molecule has 1 fully saturated rings. The molecule has 1 atom stereocenters. The van der Waals surface area contributed by atoms with Crippen molar-refractivity contribution in [2.75, 3.05) is 32.8 Å². The lowest BCUT2D eigenvalue weighted by molar-refractivity contribution is -0.139. The van der Waals surface area contributed by atoms with Gasteiger partial charge in [0.15, 0.2) is 0 Å². The van der Waals surface area contributed by atoms with Crippen LogP contribution in [0.15, 0.2) is 24.3 Å². The number of carbonyl (C=O) groups is 4. The molecule has 0 saturated carbocycles. The standard InChI is InChI=1S/C21H32N2O6/c1-4-6-14-28-20(26)10-8-18(24)22-12-13-23(17(3)16-22)19(25)9-11-21(27)29-15-7-5-2/h8-11,17H,4-7,12-16H2,1-3H3/b10-8-,11-9+/t17-/m1/s1. The largest absolute Gasteiger partial charge is 0.463 e. The maximum absolute atomic E-state index is 12.3. The summed E-state index contributed by atoms with van der Waals surface area (Å²) in [6.07, 6.45) is 8.08. The van der Waals surface area contributed by atoms with Crippen LogP contribution < -0.4 is 0 Å². The summed E-state index contributed by atoms with van der Waals surface area (Å²) >= 11 is 0. The summed E-state index contributed by atoms with van der Waals surface area (Å²) in [5, 5.41) is 0. The summed E-state index contributed by atoms with van der Waals surface area (Å²) in [6, 6.07) is -0.217. The van der Waals surface area contributed by atoms with Crippen molar-refractivity contribution in [3.8, 4) is 0 Å². The van der Waals surface area contributed by atoms with Crippen molar-refractivity contribution >= 4 is 23.8 Å². The van der Waals surface area contributed by atoms with Crippen molar-refractivity contribution in [3.63, 3.8) is 0 Å². The molecule has 1 saturated heterocycles. The fourth-order valence-corrected chi connectivity index (χ4v) is 2.70. The van der Waals surface area contributed by atoms with Gasteiger partial charge in [-0.3, -0.25) is 9.59 Å². The lowest BCUT2D eigenvalue weighted by atomic mass is 10.1. The van der Waals surface area contributed by atoms with Gasteiger partial charge in [-0.2, -0.15) is 0 Å². The van der Waals surface area contributed by atoms with E-state index in [2.05, 4.69) is 0 Å². The topological polar surface area (TPSA) is 93.2 Å². The highest BCUT2D eigenvalue weighted by atomic mass is 16.5. The van der Waals surface area contributed by atoms with E-state index in [1.807, 2.05) is 20.8 Å². The van der Waals surface area contributed by atoms with Crippen molar-refractivity contribution < 1.29 is 28.7 Å². The van der Waals surface area contributed by atoms with Gasteiger partial charge in [0, 0.05) is 50.0 Å². The molecular weight excluding hydrogens is 376 g/mol. The van der Waals surface area contributed by atoms with Crippen molar-refractivity contribution in [2.45, 2.75) is 52.5 Å². The highest BCUT2D eigenvalue weighted by Crippen LogP contribution is 2.11. The van der Waals surface area contributed by atoms with E-state index in [-0.39, 0.29) is 17.9 Å². The number of piperazine rings is 1. The number of amides is 2. The Morgan fingerprint density at radius 3 is 1.83 bits per heavy atom. The van der Waals surface area contributed by atoms with Crippen molar-refractivity contribution in [1.82, 2.24) is 9.80 Å². The fourth-order valence-electron chi connectivity index (χ4n) is 2.70. The number of rotatable bonds is 10. The first-order chi connectivity index (χ1) is 13.9. The Bertz CT molecular complexity index is 629. The second kappa shape index (κ2) is 13.5. The number of hydrogen-bond acceptors (Lipinski definition) is 6. The van der Waals surface area contributed by atoms with Crippen LogP contribution >= 0.6 is 0 Å². The molecule has 0 unspecified atom stereocenters.